The van der Waals surface area contributed by atoms with E-state index in [2.05, 4.69) is 5.32 Å². The number of nitrogens with zero attached hydrogens (tertiary/aromatic N) is 2. The highest BCUT2D eigenvalue weighted by atomic mass is 16.5. The van der Waals surface area contributed by atoms with Gasteiger partial charge in [0.2, 0.25) is 5.91 Å². The largest absolute Gasteiger partial charge is 0.493 e. The van der Waals surface area contributed by atoms with E-state index in [9.17, 15) is 14.7 Å². The van der Waals surface area contributed by atoms with Gasteiger partial charge in [0.1, 0.15) is 0 Å². The molecule has 3 atom stereocenters. The van der Waals surface area contributed by atoms with Crippen LogP contribution in [0.4, 0.5) is 0 Å². The summed E-state index contributed by atoms with van der Waals surface area (Å²) in [4.78, 5) is 31.1. The predicted octanol–water partition coefficient (Wildman–Crippen LogP) is 3.91. The Bertz CT molecular complexity index is 1160. The number of amides is 2. The Morgan fingerprint density at radius 2 is 1.69 bits per heavy atom. The molecule has 230 valence electrons. The van der Waals surface area contributed by atoms with Crippen LogP contribution in [0.5, 0.6) is 11.5 Å². The molecule has 2 aromatic rings. The third-order valence-corrected chi connectivity index (χ3v) is 8.25. The van der Waals surface area contributed by atoms with Crippen molar-refractivity contribution in [1.82, 2.24) is 15.1 Å². The van der Waals surface area contributed by atoms with Crippen molar-refractivity contribution in [3.05, 3.63) is 59.7 Å². The van der Waals surface area contributed by atoms with Gasteiger partial charge in [-0.25, -0.2) is 0 Å². The van der Waals surface area contributed by atoms with Gasteiger partial charge in [0.15, 0.2) is 11.5 Å². The topological polar surface area (TPSA) is 101 Å². The summed E-state index contributed by atoms with van der Waals surface area (Å²) in [5.74, 6) is 1.48. The van der Waals surface area contributed by atoms with Gasteiger partial charge in [-0.2, -0.15) is 0 Å². The zero-order valence-corrected chi connectivity index (χ0v) is 25.5. The fourth-order valence-electron chi connectivity index (χ4n) is 5.64. The molecule has 1 aliphatic carbocycles. The van der Waals surface area contributed by atoms with E-state index in [0.717, 1.165) is 37.9 Å². The number of hydrogen-bond donors (Lipinski definition) is 2. The van der Waals surface area contributed by atoms with Gasteiger partial charge < -0.3 is 34.4 Å². The molecule has 0 bridgehead atoms. The minimum absolute atomic E-state index is 0.00545. The quantitative estimate of drug-likeness (QED) is 0.290. The summed E-state index contributed by atoms with van der Waals surface area (Å²) in [6.07, 6.45) is 2.00. The van der Waals surface area contributed by atoms with Crippen LogP contribution in [0.1, 0.15) is 61.6 Å². The summed E-state index contributed by atoms with van der Waals surface area (Å²) in [5, 5.41) is 14.2. The molecule has 0 radical (unpaired) electrons. The first-order valence-corrected chi connectivity index (χ1v) is 15.2. The number of methoxy groups -OCH3 is 2. The Kier molecular flexibility index (Phi) is 11.6. The van der Waals surface area contributed by atoms with Crippen molar-refractivity contribution in [3.63, 3.8) is 0 Å². The third-order valence-electron chi connectivity index (χ3n) is 8.25. The van der Waals surface area contributed by atoms with E-state index < -0.39 is 6.10 Å². The van der Waals surface area contributed by atoms with Crippen LogP contribution < -0.4 is 14.8 Å². The highest BCUT2D eigenvalue weighted by molar-refractivity contribution is 5.95. The maximum atomic E-state index is 13.8. The Balaban J connectivity index is 1.42. The molecule has 9 heteroatoms. The number of aliphatic hydroxyl groups excluding tert-OH is 1. The number of rotatable bonds is 16. The fraction of sp³-hybridized carbons (Fsp3) is 0.576. The van der Waals surface area contributed by atoms with Gasteiger partial charge in [0.25, 0.3) is 5.91 Å². The highest BCUT2D eigenvalue weighted by Gasteiger charge is 2.39. The molecular weight excluding hydrogens is 534 g/mol. The van der Waals surface area contributed by atoms with Crippen molar-refractivity contribution in [2.45, 2.75) is 57.7 Å². The van der Waals surface area contributed by atoms with Crippen LogP contribution in [0.3, 0.4) is 0 Å². The zero-order chi connectivity index (χ0) is 30.1. The van der Waals surface area contributed by atoms with Crippen molar-refractivity contribution in [2.75, 3.05) is 53.6 Å². The van der Waals surface area contributed by atoms with E-state index in [0.29, 0.717) is 43.4 Å². The van der Waals surface area contributed by atoms with Crippen LogP contribution in [0.15, 0.2) is 48.5 Å². The molecular formula is C33H47N3O6. The second-order valence-corrected chi connectivity index (χ2v) is 11.7. The summed E-state index contributed by atoms with van der Waals surface area (Å²) in [6, 6.07) is 14.9. The second-order valence-electron chi connectivity index (χ2n) is 11.7. The predicted molar refractivity (Wildman–Crippen MR) is 162 cm³/mol. The molecule has 4 rings (SSSR count). The summed E-state index contributed by atoms with van der Waals surface area (Å²) in [5.41, 5.74) is 1.31. The molecule has 9 nitrogen and oxygen atoms in total. The Morgan fingerprint density at radius 1 is 0.976 bits per heavy atom. The summed E-state index contributed by atoms with van der Waals surface area (Å²) < 4.78 is 16.5. The van der Waals surface area contributed by atoms with Crippen LogP contribution in [0.25, 0.3) is 0 Å². The smallest absolute Gasteiger partial charge is 0.254 e. The van der Waals surface area contributed by atoms with Gasteiger partial charge in [0, 0.05) is 64.0 Å². The van der Waals surface area contributed by atoms with Gasteiger partial charge >= 0.3 is 0 Å². The van der Waals surface area contributed by atoms with E-state index in [4.69, 9.17) is 14.2 Å². The third kappa shape index (κ3) is 8.46. The van der Waals surface area contributed by atoms with E-state index in [1.807, 2.05) is 54.0 Å². The lowest BCUT2D eigenvalue weighted by Crippen LogP contribution is -2.45. The molecule has 1 aliphatic heterocycles. The highest BCUT2D eigenvalue weighted by Crippen LogP contribution is 2.33. The van der Waals surface area contributed by atoms with Crippen molar-refractivity contribution in [1.29, 1.82) is 0 Å². The fourth-order valence-corrected chi connectivity index (χ4v) is 5.64. The number of hydrogen-bond acceptors (Lipinski definition) is 7. The minimum Gasteiger partial charge on any atom is -0.493 e. The zero-order valence-electron chi connectivity index (χ0n) is 25.5. The maximum Gasteiger partial charge on any atom is 0.254 e. The Labute approximate surface area is 250 Å². The lowest BCUT2D eigenvalue weighted by Gasteiger charge is -2.34. The molecule has 2 aliphatic rings. The molecule has 2 fully saturated rings. The lowest BCUT2D eigenvalue weighted by molar-refractivity contribution is -0.134. The van der Waals surface area contributed by atoms with Crippen LogP contribution in [-0.4, -0.2) is 92.4 Å². The Morgan fingerprint density at radius 3 is 2.33 bits per heavy atom. The van der Waals surface area contributed by atoms with Crippen molar-refractivity contribution < 1.29 is 28.9 Å². The molecule has 1 saturated heterocycles. The molecule has 0 spiro atoms. The standard InChI is InChI=1S/C33H47N3O6/c1-23(2)35(33(39)25-11-14-30(41-4)31(17-25)42-16-8-15-40-3)21-26-19-34-20-27(26)22-36(28-12-13-28)32(38)18-29(37)24-9-6-5-7-10-24/h5-7,9-11,14,17,23,26-29,34,37H,8,12-13,15-16,18-22H2,1-4H3/t26-,27-,29?/m0/s1. The molecule has 0 aromatic heterocycles. The number of ether oxygens (including phenoxy) is 3. The number of benzene rings is 2. The van der Waals surface area contributed by atoms with Gasteiger partial charge in [-0.3, -0.25) is 9.59 Å². The van der Waals surface area contributed by atoms with Gasteiger partial charge in [-0.05, 0) is 62.3 Å². The number of carbonyl (C=O) groups is 2. The van der Waals surface area contributed by atoms with Gasteiger partial charge in [-0.1, -0.05) is 30.3 Å². The van der Waals surface area contributed by atoms with Crippen LogP contribution in [-0.2, 0) is 9.53 Å². The van der Waals surface area contributed by atoms with Gasteiger partial charge in [-0.15, -0.1) is 0 Å². The average molecular weight is 582 g/mol. The van der Waals surface area contributed by atoms with E-state index >= 15 is 0 Å². The lowest BCUT2D eigenvalue weighted by atomic mass is 9.93. The van der Waals surface area contributed by atoms with E-state index in [1.165, 1.54) is 0 Å². The summed E-state index contributed by atoms with van der Waals surface area (Å²) in [7, 11) is 3.24. The molecule has 1 unspecified atom stereocenters. The normalized spacial score (nSPS) is 19.0. The molecule has 1 saturated carbocycles. The maximum absolute atomic E-state index is 13.8. The van der Waals surface area contributed by atoms with Crippen LogP contribution in [0.2, 0.25) is 0 Å². The first kappa shape index (κ1) is 31.8. The van der Waals surface area contributed by atoms with E-state index in [-0.39, 0.29) is 42.2 Å². The Hall–Kier alpha value is -3.14. The van der Waals surface area contributed by atoms with Gasteiger partial charge in [0.05, 0.1) is 26.2 Å². The van der Waals surface area contributed by atoms with Crippen molar-refractivity contribution in [2.24, 2.45) is 11.8 Å². The summed E-state index contributed by atoms with van der Waals surface area (Å²) in [6.45, 7) is 7.92. The number of carbonyl (C=O) groups excluding carboxylic acids is 2. The molecule has 42 heavy (non-hydrogen) atoms. The molecule has 2 aromatic carbocycles. The van der Waals surface area contributed by atoms with Crippen LogP contribution >= 0.6 is 0 Å². The van der Waals surface area contributed by atoms with E-state index in [1.54, 1.807) is 32.4 Å². The van der Waals surface area contributed by atoms with Crippen molar-refractivity contribution >= 4 is 11.8 Å². The number of nitrogens with one attached hydrogen (secondary N) is 1. The molecule has 2 N–H and O–H groups in total. The van der Waals surface area contributed by atoms with Crippen molar-refractivity contribution in [3.8, 4) is 11.5 Å². The first-order valence-electron chi connectivity index (χ1n) is 15.2. The SMILES string of the molecule is COCCCOc1cc(C(=O)N(C[C@@H]2CNC[C@H]2CN(C(=O)CC(O)c2ccccc2)C2CC2)C(C)C)ccc1OC. The molecule has 2 amide bonds. The minimum atomic E-state index is -0.815. The monoisotopic (exact) mass is 581 g/mol. The number of aliphatic hydroxyl groups is 1. The van der Waals surface area contributed by atoms with Crippen LogP contribution in [0, 0.1) is 11.8 Å². The second kappa shape index (κ2) is 15.4. The molecule has 1 heterocycles. The average Bonchev–Trinajstić information content (AvgIpc) is 3.74. The first-order chi connectivity index (χ1) is 20.3. The summed E-state index contributed by atoms with van der Waals surface area (Å²) >= 11 is 0.